The van der Waals surface area contributed by atoms with E-state index in [1.807, 2.05) is 0 Å². The van der Waals surface area contributed by atoms with Crippen molar-refractivity contribution < 1.29 is 4.21 Å². The molecule has 0 amide bonds. The fourth-order valence-corrected chi connectivity index (χ4v) is 0.525. The molecule has 3 nitrogen and oxygen atoms in total. The van der Waals surface area contributed by atoms with Crippen molar-refractivity contribution in [2.75, 3.05) is 0 Å². The zero-order valence-electron chi connectivity index (χ0n) is 4.97. The molecule has 4 heteroatoms. The van der Waals surface area contributed by atoms with Crippen LogP contribution in [0.2, 0.25) is 0 Å². The molecule has 0 aromatic rings. The van der Waals surface area contributed by atoms with Crippen molar-refractivity contribution >= 4 is 9.92 Å². The van der Waals surface area contributed by atoms with Crippen molar-refractivity contribution in [3.8, 4) is 0 Å². The Kier molecular flexibility index (Phi) is 2.18. The van der Waals surface area contributed by atoms with E-state index in [1.54, 1.807) is 19.9 Å². The Morgan fingerprint density at radius 3 is 2.25 bits per heavy atom. The molecule has 8 heavy (non-hydrogen) atoms. The summed E-state index contributed by atoms with van der Waals surface area (Å²) in [5, 5.41) is 4.92. The van der Waals surface area contributed by atoms with Crippen LogP contribution in [-0.4, -0.2) is 4.21 Å². The smallest absolute Gasteiger partial charge is 0.127 e. The lowest BCUT2D eigenvalue weighted by atomic mass is 10.6. The normalized spacial score (nSPS) is 20.1. The van der Waals surface area contributed by atoms with E-state index in [4.69, 9.17) is 9.92 Å². The molecular formula is C4H10N2OS. The number of allylic oxidation sites excluding steroid dienone is 2. The number of nitrogens with two attached hydrogens (primary N) is 1. The Bertz CT molecular complexity index is 190. The molecule has 0 spiro atoms. The summed E-state index contributed by atoms with van der Waals surface area (Å²) >= 11 is 0. The second-order valence-corrected chi connectivity index (χ2v) is 3.35. The lowest BCUT2D eigenvalue weighted by Gasteiger charge is -1.95. The maximum absolute atomic E-state index is 10.5. The molecule has 1 unspecified atom stereocenters. The van der Waals surface area contributed by atoms with Gasteiger partial charge in [0.15, 0.2) is 0 Å². The van der Waals surface area contributed by atoms with Gasteiger partial charge in [-0.05, 0) is 13.8 Å². The quantitative estimate of drug-likeness (QED) is 0.548. The van der Waals surface area contributed by atoms with E-state index in [2.05, 4.69) is 0 Å². The monoisotopic (exact) mass is 134 g/mol. The minimum atomic E-state index is -2.89. The SMILES string of the molecule is C/C=C(\C)S(=N)(N)=O. The fraction of sp³-hybridized carbons (Fsp3) is 0.500. The van der Waals surface area contributed by atoms with E-state index in [1.165, 1.54) is 0 Å². The van der Waals surface area contributed by atoms with Crippen molar-refractivity contribution in [2.45, 2.75) is 13.8 Å². The van der Waals surface area contributed by atoms with Crippen LogP contribution in [0.3, 0.4) is 0 Å². The highest BCUT2D eigenvalue weighted by atomic mass is 32.2. The standard InChI is InChI=1S/C4H10N2OS/c1-3-4(2)8(5,6)7/h3H,1-2H3,(H3,5,6,7)/b4-3+. The summed E-state index contributed by atoms with van der Waals surface area (Å²) in [5.41, 5.74) is 0. The summed E-state index contributed by atoms with van der Waals surface area (Å²) in [6.45, 7) is 3.28. The third-order valence-corrected chi connectivity index (χ3v) is 2.08. The molecule has 0 fully saturated rings. The minimum Gasteiger partial charge on any atom is -0.242 e. The molecule has 0 aliphatic heterocycles. The molecule has 3 N–H and O–H groups in total. The molecule has 0 rings (SSSR count). The maximum Gasteiger partial charge on any atom is 0.127 e. The molecule has 0 saturated carbocycles. The summed E-state index contributed by atoms with van der Waals surface area (Å²) in [7, 11) is -2.89. The fourth-order valence-electron chi connectivity index (χ4n) is 0.175. The van der Waals surface area contributed by atoms with Gasteiger partial charge in [-0.3, -0.25) is 0 Å². The largest absolute Gasteiger partial charge is 0.242 e. The Hall–Kier alpha value is -0.350. The summed E-state index contributed by atoms with van der Waals surface area (Å²) in [5.74, 6) is 0. The van der Waals surface area contributed by atoms with Crippen LogP contribution in [0.15, 0.2) is 11.0 Å². The third-order valence-electron chi connectivity index (χ3n) is 0.885. The predicted octanol–water partition coefficient (Wildman–Crippen LogP) is 0.831. The molecule has 0 radical (unpaired) electrons. The van der Waals surface area contributed by atoms with Gasteiger partial charge in [0.25, 0.3) is 0 Å². The summed E-state index contributed by atoms with van der Waals surface area (Å²) in [6.07, 6.45) is 1.58. The molecule has 0 aromatic carbocycles. The Morgan fingerprint density at radius 2 is 2.25 bits per heavy atom. The van der Waals surface area contributed by atoms with Crippen LogP contribution in [0, 0.1) is 4.78 Å². The number of rotatable bonds is 1. The summed E-state index contributed by atoms with van der Waals surface area (Å²) < 4.78 is 17.3. The first-order valence-electron chi connectivity index (χ1n) is 2.18. The zero-order valence-corrected chi connectivity index (χ0v) is 5.79. The van der Waals surface area contributed by atoms with Crippen molar-refractivity contribution in [3.63, 3.8) is 0 Å². The van der Waals surface area contributed by atoms with Crippen molar-refractivity contribution in [1.82, 2.24) is 0 Å². The van der Waals surface area contributed by atoms with Gasteiger partial charge in [-0.1, -0.05) is 6.08 Å². The Morgan fingerprint density at radius 1 is 1.88 bits per heavy atom. The van der Waals surface area contributed by atoms with E-state index in [0.29, 0.717) is 4.91 Å². The van der Waals surface area contributed by atoms with Crippen LogP contribution in [0.5, 0.6) is 0 Å². The molecular weight excluding hydrogens is 124 g/mol. The van der Waals surface area contributed by atoms with Crippen LogP contribution < -0.4 is 5.14 Å². The molecule has 0 aromatic heterocycles. The summed E-state index contributed by atoms with van der Waals surface area (Å²) in [4.78, 5) is 0.428. The van der Waals surface area contributed by atoms with Gasteiger partial charge < -0.3 is 0 Å². The Balaban J connectivity index is 4.55. The van der Waals surface area contributed by atoms with Crippen molar-refractivity contribution in [3.05, 3.63) is 11.0 Å². The van der Waals surface area contributed by atoms with Crippen LogP contribution in [-0.2, 0) is 9.92 Å². The zero-order chi connectivity index (χ0) is 6.78. The van der Waals surface area contributed by atoms with Gasteiger partial charge in [0.2, 0.25) is 0 Å². The first-order valence-corrected chi connectivity index (χ1v) is 3.80. The lowest BCUT2D eigenvalue weighted by Crippen LogP contribution is -2.10. The predicted molar refractivity (Wildman–Crippen MR) is 34.5 cm³/mol. The second-order valence-electron chi connectivity index (χ2n) is 1.50. The topological polar surface area (TPSA) is 66.9 Å². The number of hydrogen-bond acceptors (Lipinski definition) is 2. The van der Waals surface area contributed by atoms with Crippen LogP contribution in [0.25, 0.3) is 0 Å². The van der Waals surface area contributed by atoms with Crippen LogP contribution in [0.1, 0.15) is 13.8 Å². The highest BCUT2D eigenvalue weighted by Gasteiger charge is 1.96. The molecule has 48 valence electrons. The van der Waals surface area contributed by atoms with Gasteiger partial charge in [-0.25, -0.2) is 14.1 Å². The van der Waals surface area contributed by atoms with E-state index in [9.17, 15) is 4.21 Å². The van der Waals surface area contributed by atoms with Crippen molar-refractivity contribution in [2.24, 2.45) is 5.14 Å². The van der Waals surface area contributed by atoms with Gasteiger partial charge in [-0.15, -0.1) is 0 Å². The molecule has 0 aliphatic carbocycles. The molecule has 0 heterocycles. The van der Waals surface area contributed by atoms with Crippen molar-refractivity contribution in [1.29, 1.82) is 4.78 Å². The summed E-state index contributed by atoms with van der Waals surface area (Å²) in [6, 6.07) is 0. The molecule has 0 aliphatic rings. The van der Waals surface area contributed by atoms with E-state index in [0.717, 1.165) is 0 Å². The highest BCUT2D eigenvalue weighted by molar-refractivity contribution is 7.94. The molecule has 0 saturated heterocycles. The first kappa shape index (κ1) is 7.65. The van der Waals surface area contributed by atoms with E-state index < -0.39 is 9.92 Å². The van der Waals surface area contributed by atoms with Gasteiger partial charge in [-0.2, -0.15) is 0 Å². The molecule has 0 bridgehead atoms. The van der Waals surface area contributed by atoms with Crippen LogP contribution >= 0.6 is 0 Å². The lowest BCUT2D eigenvalue weighted by molar-refractivity contribution is 0.680. The van der Waals surface area contributed by atoms with E-state index in [-0.39, 0.29) is 0 Å². The van der Waals surface area contributed by atoms with Gasteiger partial charge in [0.1, 0.15) is 9.92 Å². The minimum absolute atomic E-state index is 0.428. The maximum atomic E-state index is 10.5. The van der Waals surface area contributed by atoms with Gasteiger partial charge >= 0.3 is 0 Å². The second kappa shape index (κ2) is 2.28. The number of nitrogens with one attached hydrogen (secondary N) is 1. The Labute approximate surface area is 49.7 Å². The average molecular weight is 134 g/mol. The number of hydrogen-bond donors (Lipinski definition) is 2. The van der Waals surface area contributed by atoms with Gasteiger partial charge in [0.05, 0.1) is 0 Å². The van der Waals surface area contributed by atoms with Crippen LogP contribution in [0.4, 0.5) is 0 Å². The average Bonchev–Trinajstić information content (AvgIpc) is 1.62. The highest BCUT2D eigenvalue weighted by Crippen LogP contribution is 1.97. The first-order chi connectivity index (χ1) is 3.48. The van der Waals surface area contributed by atoms with Gasteiger partial charge in [0, 0.05) is 4.91 Å². The molecule has 1 atom stereocenters. The van der Waals surface area contributed by atoms with E-state index >= 15 is 0 Å². The third kappa shape index (κ3) is 2.09.